The largest absolute Gasteiger partial charge is 0.345 e. The van der Waals surface area contributed by atoms with Crippen molar-refractivity contribution >= 4 is 0 Å². The van der Waals surface area contributed by atoms with Gasteiger partial charge in [0.25, 0.3) is 0 Å². The van der Waals surface area contributed by atoms with E-state index in [1.807, 2.05) is 26.8 Å². The molecule has 0 amide bonds. The van der Waals surface area contributed by atoms with Crippen LogP contribution in [0.25, 0.3) is 0 Å². The normalized spacial score (nSPS) is 41.6. The SMILES string of the molecule is C=CCCC1(C)OC(C)C(C)O1. The molecule has 1 saturated heterocycles. The fraction of sp³-hybridized carbons (Fsp3) is 0.800. The molecule has 2 atom stereocenters. The van der Waals surface area contributed by atoms with E-state index in [2.05, 4.69) is 6.58 Å². The van der Waals surface area contributed by atoms with Gasteiger partial charge < -0.3 is 9.47 Å². The molecule has 1 heterocycles. The topological polar surface area (TPSA) is 18.5 Å². The molecule has 1 rings (SSSR count). The smallest absolute Gasteiger partial charge is 0.166 e. The van der Waals surface area contributed by atoms with Gasteiger partial charge >= 0.3 is 0 Å². The number of rotatable bonds is 3. The minimum atomic E-state index is -0.382. The minimum Gasteiger partial charge on any atom is -0.345 e. The van der Waals surface area contributed by atoms with E-state index in [1.165, 1.54) is 0 Å². The Hall–Kier alpha value is -0.340. The molecule has 0 N–H and O–H groups in total. The van der Waals surface area contributed by atoms with E-state index in [-0.39, 0.29) is 18.0 Å². The molecular formula is C10H18O2. The first-order chi connectivity index (χ1) is 5.57. The predicted octanol–water partition coefficient (Wildman–Crippen LogP) is 2.49. The fourth-order valence-corrected chi connectivity index (χ4v) is 1.49. The first kappa shape index (κ1) is 9.75. The lowest BCUT2D eigenvalue weighted by Crippen LogP contribution is -2.26. The van der Waals surface area contributed by atoms with Gasteiger partial charge in [-0.25, -0.2) is 0 Å². The molecule has 0 aromatic heterocycles. The Morgan fingerprint density at radius 2 is 1.83 bits per heavy atom. The molecular weight excluding hydrogens is 152 g/mol. The van der Waals surface area contributed by atoms with Gasteiger partial charge in [-0.05, 0) is 27.2 Å². The van der Waals surface area contributed by atoms with Crippen LogP contribution in [0.3, 0.4) is 0 Å². The first-order valence-electron chi connectivity index (χ1n) is 4.54. The third-order valence-corrected chi connectivity index (χ3v) is 2.33. The van der Waals surface area contributed by atoms with E-state index in [4.69, 9.17) is 9.47 Å². The molecule has 1 aliphatic rings. The average molecular weight is 170 g/mol. The zero-order chi connectivity index (χ0) is 9.19. The third kappa shape index (κ3) is 2.08. The van der Waals surface area contributed by atoms with Gasteiger partial charge in [0.15, 0.2) is 5.79 Å². The molecule has 2 unspecified atom stereocenters. The number of allylic oxidation sites excluding steroid dienone is 1. The number of hydrogen-bond acceptors (Lipinski definition) is 2. The first-order valence-corrected chi connectivity index (χ1v) is 4.54. The summed E-state index contributed by atoms with van der Waals surface area (Å²) in [4.78, 5) is 0. The lowest BCUT2D eigenvalue weighted by Gasteiger charge is -2.22. The standard InChI is InChI=1S/C10H18O2/c1-5-6-7-10(4)11-8(2)9(3)12-10/h5,8-9H,1,6-7H2,2-4H3. The van der Waals surface area contributed by atoms with Crippen molar-refractivity contribution in [2.45, 2.75) is 51.6 Å². The fourth-order valence-electron chi connectivity index (χ4n) is 1.49. The molecule has 2 heteroatoms. The summed E-state index contributed by atoms with van der Waals surface area (Å²) in [5, 5.41) is 0. The van der Waals surface area contributed by atoms with Crippen LogP contribution in [-0.4, -0.2) is 18.0 Å². The van der Waals surface area contributed by atoms with Gasteiger partial charge in [0.05, 0.1) is 12.2 Å². The third-order valence-electron chi connectivity index (χ3n) is 2.33. The van der Waals surface area contributed by atoms with Crippen LogP contribution in [0.4, 0.5) is 0 Å². The highest BCUT2D eigenvalue weighted by Crippen LogP contribution is 2.31. The lowest BCUT2D eigenvalue weighted by atomic mass is 10.2. The maximum absolute atomic E-state index is 5.69. The average Bonchev–Trinajstić information content (AvgIpc) is 2.24. The van der Waals surface area contributed by atoms with Crippen molar-refractivity contribution in [1.82, 2.24) is 0 Å². The van der Waals surface area contributed by atoms with E-state index in [0.717, 1.165) is 12.8 Å². The summed E-state index contributed by atoms with van der Waals surface area (Å²) >= 11 is 0. The van der Waals surface area contributed by atoms with Crippen LogP contribution in [0.1, 0.15) is 33.6 Å². The maximum atomic E-state index is 5.69. The highest BCUT2D eigenvalue weighted by Gasteiger charge is 2.38. The van der Waals surface area contributed by atoms with Gasteiger partial charge in [0.2, 0.25) is 0 Å². The Morgan fingerprint density at radius 3 is 2.25 bits per heavy atom. The molecule has 12 heavy (non-hydrogen) atoms. The second-order valence-electron chi connectivity index (χ2n) is 3.61. The maximum Gasteiger partial charge on any atom is 0.166 e. The van der Waals surface area contributed by atoms with Crippen LogP contribution in [0, 0.1) is 0 Å². The zero-order valence-corrected chi connectivity index (χ0v) is 8.17. The highest BCUT2D eigenvalue weighted by molar-refractivity contribution is 4.81. The highest BCUT2D eigenvalue weighted by atomic mass is 16.7. The molecule has 1 aliphatic heterocycles. The molecule has 1 fully saturated rings. The van der Waals surface area contributed by atoms with Crippen molar-refractivity contribution in [3.63, 3.8) is 0 Å². The molecule has 0 aromatic carbocycles. The molecule has 0 aromatic rings. The van der Waals surface area contributed by atoms with E-state index < -0.39 is 0 Å². The van der Waals surface area contributed by atoms with E-state index in [0.29, 0.717) is 0 Å². The second kappa shape index (κ2) is 3.58. The minimum absolute atomic E-state index is 0.208. The lowest BCUT2D eigenvalue weighted by molar-refractivity contribution is -0.162. The molecule has 2 nitrogen and oxygen atoms in total. The second-order valence-corrected chi connectivity index (χ2v) is 3.61. The summed E-state index contributed by atoms with van der Waals surface area (Å²) < 4.78 is 11.4. The Balaban J connectivity index is 2.45. The van der Waals surface area contributed by atoms with Crippen LogP contribution in [-0.2, 0) is 9.47 Å². The zero-order valence-electron chi connectivity index (χ0n) is 8.17. The van der Waals surface area contributed by atoms with Gasteiger partial charge in [-0.3, -0.25) is 0 Å². The van der Waals surface area contributed by atoms with Gasteiger partial charge in [-0.15, -0.1) is 6.58 Å². The summed E-state index contributed by atoms with van der Waals surface area (Å²) in [5.74, 6) is -0.382. The summed E-state index contributed by atoms with van der Waals surface area (Å²) in [7, 11) is 0. The van der Waals surface area contributed by atoms with E-state index >= 15 is 0 Å². The Kier molecular flexibility index (Phi) is 2.91. The van der Waals surface area contributed by atoms with Gasteiger partial charge in [0, 0.05) is 6.42 Å². The van der Waals surface area contributed by atoms with Crippen LogP contribution < -0.4 is 0 Å². The Morgan fingerprint density at radius 1 is 1.33 bits per heavy atom. The molecule has 0 aliphatic carbocycles. The van der Waals surface area contributed by atoms with Gasteiger partial charge in [-0.1, -0.05) is 6.08 Å². The molecule has 0 bridgehead atoms. The molecule has 0 radical (unpaired) electrons. The van der Waals surface area contributed by atoms with Crippen molar-refractivity contribution in [2.75, 3.05) is 0 Å². The van der Waals surface area contributed by atoms with Crippen molar-refractivity contribution in [3.05, 3.63) is 12.7 Å². The van der Waals surface area contributed by atoms with E-state index in [1.54, 1.807) is 0 Å². The summed E-state index contributed by atoms with van der Waals surface area (Å²) in [6, 6.07) is 0. The monoisotopic (exact) mass is 170 g/mol. The van der Waals surface area contributed by atoms with Crippen LogP contribution in [0.2, 0.25) is 0 Å². The summed E-state index contributed by atoms with van der Waals surface area (Å²) in [6.07, 6.45) is 4.15. The predicted molar refractivity (Wildman–Crippen MR) is 48.9 cm³/mol. The van der Waals surface area contributed by atoms with Crippen molar-refractivity contribution in [1.29, 1.82) is 0 Å². The van der Waals surface area contributed by atoms with E-state index in [9.17, 15) is 0 Å². The molecule has 0 spiro atoms. The Labute approximate surface area is 74.6 Å². The number of ether oxygens (including phenoxy) is 2. The van der Waals surface area contributed by atoms with Crippen molar-refractivity contribution in [2.24, 2.45) is 0 Å². The molecule has 0 saturated carbocycles. The quantitative estimate of drug-likeness (QED) is 0.606. The number of hydrogen-bond donors (Lipinski definition) is 0. The van der Waals surface area contributed by atoms with Gasteiger partial charge in [-0.2, -0.15) is 0 Å². The summed E-state index contributed by atoms with van der Waals surface area (Å²) in [6.45, 7) is 9.77. The summed E-state index contributed by atoms with van der Waals surface area (Å²) in [5.41, 5.74) is 0. The van der Waals surface area contributed by atoms with Crippen LogP contribution >= 0.6 is 0 Å². The van der Waals surface area contributed by atoms with Crippen LogP contribution in [0.15, 0.2) is 12.7 Å². The van der Waals surface area contributed by atoms with Crippen molar-refractivity contribution < 1.29 is 9.47 Å². The van der Waals surface area contributed by atoms with Crippen LogP contribution in [0.5, 0.6) is 0 Å². The molecule has 70 valence electrons. The van der Waals surface area contributed by atoms with Crippen molar-refractivity contribution in [3.8, 4) is 0 Å². The van der Waals surface area contributed by atoms with Gasteiger partial charge in [0.1, 0.15) is 0 Å². The Bertz CT molecular complexity index is 155.